The highest BCUT2D eigenvalue weighted by Gasteiger charge is 2.60. The van der Waals surface area contributed by atoms with Gasteiger partial charge in [0.2, 0.25) is 15.9 Å². The summed E-state index contributed by atoms with van der Waals surface area (Å²) in [7, 11) is -3.49. The smallest absolute Gasteiger partial charge is 0.243 e. The number of sulfonamides is 1. The molecule has 28 heavy (non-hydrogen) atoms. The number of carbonyl (C=O) groups excluding carboxylic acids is 1. The third kappa shape index (κ3) is 4.31. The van der Waals surface area contributed by atoms with Crippen molar-refractivity contribution in [3.8, 4) is 0 Å². The number of amides is 1. The summed E-state index contributed by atoms with van der Waals surface area (Å²) in [4.78, 5) is 12.8. The summed E-state index contributed by atoms with van der Waals surface area (Å²) < 4.78 is 32.0. The predicted molar refractivity (Wildman–Crippen MR) is 108 cm³/mol. The maximum atomic E-state index is 12.7. The van der Waals surface area contributed by atoms with Crippen LogP contribution in [0.4, 0.5) is 0 Å². The largest absolute Gasteiger partial charge is 0.379 e. The quantitative estimate of drug-likeness (QED) is 0.737. The average molecular weight is 407 g/mol. The van der Waals surface area contributed by atoms with E-state index in [1.165, 1.54) is 9.88 Å². The summed E-state index contributed by atoms with van der Waals surface area (Å²) >= 11 is 0. The van der Waals surface area contributed by atoms with Crippen LogP contribution in [0.1, 0.15) is 33.3 Å². The molecule has 2 aliphatic rings. The average Bonchev–Trinajstić information content (AvgIpc) is 3.20. The third-order valence-corrected chi connectivity index (χ3v) is 7.62. The van der Waals surface area contributed by atoms with Crippen LogP contribution in [0.25, 0.3) is 0 Å². The molecule has 3 rings (SSSR count). The number of carbonyl (C=O) groups is 1. The van der Waals surface area contributed by atoms with Gasteiger partial charge in [0.15, 0.2) is 0 Å². The zero-order valence-corrected chi connectivity index (χ0v) is 17.9. The van der Waals surface area contributed by atoms with Gasteiger partial charge in [0, 0.05) is 19.6 Å². The van der Waals surface area contributed by atoms with E-state index >= 15 is 0 Å². The number of allylic oxidation sites excluding steroid dienone is 2. The van der Waals surface area contributed by atoms with Gasteiger partial charge in [-0.2, -0.15) is 4.31 Å². The first kappa shape index (κ1) is 21.0. The van der Waals surface area contributed by atoms with Gasteiger partial charge in [-0.3, -0.25) is 4.79 Å². The molecule has 6 nitrogen and oxygen atoms in total. The van der Waals surface area contributed by atoms with Crippen molar-refractivity contribution in [2.75, 3.05) is 26.3 Å². The summed E-state index contributed by atoms with van der Waals surface area (Å²) in [5, 5.41) is 3.00. The van der Waals surface area contributed by atoms with Gasteiger partial charge in [0.05, 0.1) is 24.0 Å². The Morgan fingerprint density at radius 1 is 1.21 bits per heavy atom. The lowest BCUT2D eigenvalue weighted by atomic mass is 10.1. The summed E-state index contributed by atoms with van der Waals surface area (Å²) in [6.45, 7) is 10.3. The number of ether oxygens (including phenoxy) is 1. The molecule has 1 aromatic rings. The topological polar surface area (TPSA) is 75.7 Å². The maximum Gasteiger partial charge on any atom is 0.243 e. The van der Waals surface area contributed by atoms with E-state index in [-0.39, 0.29) is 28.1 Å². The molecule has 2 atom stereocenters. The second kappa shape index (κ2) is 7.97. The second-order valence-corrected chi connectivity index (χ2v) is 10.4. The van der Waals surface area contributed by atoms with Crippen LogP contribution in [0.2, 0.25) is 0 Å². The molecule has 154 valence electrons. The Labute approximate surface area is 168 Å². The van der Waals surface area contributed by atoms with Gasteiger partial charge >= 0.3 is 0 Å². The first-order chi connectivity index (χ1) is 13.1. The third-order valence-electron chi connectivity index (χ3n) is 5.70. The minimum atomic E-state index is -3.49. The fourth-order valence-corrected chi connectivity index (χ4v) is 5.27. The Morgan fingerprint density at radius 2 is 1.82 bits per heavy atom. The Kier molecular flexibility index (Phi) is 5.98. The molecule has 1 heterocycles. The van der Waals surface area contributed by atoms with Gasteiger partial charge in [0.25, 0.3) is 0 Å². The van der Waals surface area contributed by atoms with E-state index in [0.717, 1.165) is 5.56 Å². The molecule has 0 radical (unpaired) electrons. The van der Waals surface area contributed by atoms with E-state index in [1.54, 1.807) is 24.3 Å². The van der Waals surface area contributed by atoms with Crippen molar-refractivity contribution >= 4 is 15.9 Å². The second-order valence-electron chi connectivity index (χ2n) is 8.45. The number of hydrogen-bond acceptors (Lipinski definition) is 4. The zero-order chi connectivity index (χ0) is 20.5. The fraction of sp³-hybridized carbons (Fsp3) is 0.571. The predicted octanol–water partition coefficient (Wildman–Crippen LogP) is 2.56. The Balaban J connectivity index is 1.59. The van der Waals surface area contributed by atoms with Crippen LogP contribution in [-0.4, -0.2) is 44.9 Å². The van der Waals surface area contributed by atoms with E-state index in [2.05, 4.69) is 39.1 Å². The number of hydrogen-bond donors (Lipinski definition) is 1. The van der Waals surface area contributed by atoms with Crippen LogP contribution < -0.4 is 5.32 Å². The minimum absolute atomic E-state index is 0.0108. The molecule has 1 amide bonds. The van der Waals surface area contributed by atoms with Gasteiger partial charge < -0.3 is 10.1 Å². The summed E-state index contributed by atoms with van der Waals surface area (Å²) in [6.07, 6.45) is 2.18. The molecule has 1 aliphatic heterocycles. The lowest BCUT2D eigenvalue weighted by molar-refractivity contribution is -0.123. The molecule has 2 fully saturated rings. The maximum absolute atomic E-state index is 12.7. The van der Waals surface area contributed by atoms with Crippen LogP contribution in [0.3, 0.4) is 0 Å². The van der Waals surface area contributed by atoms with Crippen molar-refractivity contribution in [1.82, 2.24) is 9.62 Å². The van der Waals surface area contributed by atoms with Gasteiger partial charge in [-0.1, -0.05) is 37.6 Å². The van der Waals surface area contributed by atoms with Crippen molar-refractivity contribution in [2.24, 2.45) is 17.3 Å². The van der Waals surface area contributed by atoms with Crippen molar-refractivity contribution in [3.63, 3.8) is 0 Å². The molecule has 1 aliphatic carbocycles. The minimum Gasteiger partial charge on any atom is -0.379 e. The van der Waals surface area contributed by atoms with Crippen molar-refractivity contribution in [2.45, 2.75) is 39.1 Å². The molecule has 0 bridgehead atoms. The first-order valence-electron chi connectivity index (χ1n) is 9.73. The Hall–Kier alpha value is -1.70. The lowest BCUT2D eigenvalue weighted by Gasteiger charge is -2.26. The van der Waals surface area contributed by atoms with E-state index < -0.39 is 10.0 Å². The summed E-state index contributed by atoms with van der Waals surface area (Å²) in [6, 6.07) is 6.75. The van der Waals surface area contributed by atoms with Gasteiger partial charge in [0.1, 0.15) is 0 Å². The molecular weight excluding hydrogens is 376 g/mol. The number of nitrogens with zero attached hydrogens (tertiary/aromatic N) is 1. The molecule has 0 spiro atoms. The normalized spacial score (nSPS) is 24.4. The highest BCUT2D eigenvalue weighted by molar-refractivity contribution is 7.89. The van der Waals surface area contributed by atoms with E-state index in [1.807, 2.05) is 0 Å². The Morgan fingerprint density at radius 3 is 2.39 bits per heavy atom. The number of rotatable bonds is 6. The van der Waals surface area contributed by atoms with E-state index in [9.17, 15) is 13.2 Å². The molecule has 1 aromatic carbocycles. The molecule has 7 heteroatoms. The lowest BCUT2D eigenvalue weighted by Crippen LogP contribution is -2.40. The molecule has 1 saturated heterocycles. The van der Waals surface area contributed by atoms with Crippen molar-refractivity contribution in [1.29, 1.82) is 0 Å². The molecular formula is C21H30N2O4S. The van der Waals surface area contributed by atoms with Crippen LogP contribution in [0, 0.1) is 17.3 Å². The SMILES string of the molecule is CC(C)=C[C@H]1[C@@H](C(=O)NCc2ccc(S(=O)(=O)N3CCOCC3)cc2)C1(C)C. The number of morpholine rings is 1. The van der Waals surface area contributed by atoms with Crippen LogP contribution in [0.5, 0.6) is 0 Å². The first-order valence-corrected chi connectivity index (χ1v) is 11.2. The molecule has 0 aromatic heterocycles. The summed E-state index contributed by atoms with van der Waals surface area (Å²) in [5.74, 6) is 0.319. The van der Waals surface area contributed by atoms with Crippen molar-refractivity contribution < 1.29 is 17.9 Å². The standard InChI is InChI=1S/C21H30N2O4S/c1-15(2)13-18-19(21(18,3)4)20(24)22-14-16-5-7-17(8-6-16)28(25,26)23-9-11-27-12-10-23/h5-8,13,18-19H,9-12,14H2,1-4H3,(H,22,24)/t18-,19-/m0/s1. The van der Waals surface area contributed by atoms with Gasteiger partial charge in [-0.15, -0.1) is 0 Å². The molecule has 1 saturated carbocycles. The van der Waals surface area contributed by atoms with Gasteiger partial charge in [-0.05, 0) is 42.9 Å². The highest BCUT2D eigenvalue weighted by atomic mass is 32.2. The molecule has 0 unspecified atom stereocenters. The molecule has 1 N–H and O–H groups in total. The number of nitrogens with one attached hydrogen (secondary N) is 1. The van der Waals surface area contributed by atoms with Crippen LogP contribution in [0.15, 0.2) is 40.8 Å². The highest BCUT2D eigenvalue weighted by Crippen LogP contribution is 2.59. The Bertz CT molecular complexity index is 849. The number of benzene rings is 1. The van der Waals surface area contributed by atoms with E-state index in [0.29, 0.717) is 32.8 Å². The van der Waals surface area contributed by atoms with E-state index in [4.69, 9.17) is 4.74 Å². The van der Waals surface area contributed by atoms with Crippen LogP contribution >= 0.6 is 0 Å². The van der Waals surface area contributed by atoms with Crippen molar-refractivity contribution in [3.05, 3.63) is 41.5 Å². The summed E-state index contributed by atoms with van der Waals surface area (Å²) in [5.41, 5.74) is 2.09. The zero-order valence-electron chi connectivity index (χ0n) is 17.1. The van der Waals surface area contributed by atoms with Gasteiger partial charge in [-0.25, -0.2) is 8.42 Å². The monoisotopic (exact) mass is 406 g/mol. The fourth-order valence-electron chi connectivity index (χ4n) is 3.86. The van der Waals surface area contributed by atoms with Crippen LogP contribution in [-0.2, 0) is 26.1 Å².